The summed E-state index contributed by atoms with van der Waals surface area (Å²) >= 11 is 1.01. The summed E-state index contributed by atoms with van der Waals surface area (Å²) in [6.45, 7) is 1.88. The molecule has 1 aliphatic heterocycles. The first-order valence-electron chi connectivity index (χ1n) is 9.55. The van der Waals surface area contributed by atoms with Gasteiger partial charge >= 0.3 is 5.97 Å². The fraction of sp³-hybridized carbons (Fsp3) is 0.318. The molecular formula is C22H23NO6S. The quantitative estimate of drug-likeness (QED) is 0.608. The monoisotopic (exact) mass is 429 g/mol. The highest BCUT2D eigenvalue weighted by Crippen LogP contribution is 2.26. The molecule has 2 aromatic carbocycles. The van der Waals surface area contributed by atoms with Crippen LogP contribution >= 0.6 is 11.8 Å². The molecule has 1 aliphatic rings. The Morgan fingerprint density at radius 1 is 1.13 bits per heavy atom. The standard InChI is InChI=1S/C22H23NO6S/c1-3-20(24)29-18(15-5-4-6-17(12-15)27-2)13-28-16-9-7-14(8-10-16)11-19-21(25)23-22(26)30-19/h4-10,12,18-19H,3,11,13H2,1-2H3,(H,23,25,26)/t18-,19?/m0/s1. The van der Waals surface area contributed by atoms with Gasteiger partial charge in [0.2, 0.25) is 5.91 Å². The van der Waals surface area contributed by atoms with E-state index in [1.807, 2.05) is 36.4 Å². The van der Waals surface area contributed by atoms with E-state index in [1.54, 1.807) is 26.2 Å². The number of methoxy groups -OCH3 is 1. The van der Waals surface area contributed by atoms with E-state index in [4.69, 9.17) is 14.2 Å². The summed E-state index contributed by atoms with van der Waals surface area (Å²) in [7, 11) is 1.58. The maximum Gasteiger partial charge on any atom is 0.306 e. The lowest BCUT2D eigenvalue weighted by atomic mass is 10.1. The number of thioether (sulfide) groups is 1. The van der Waals surface area contributed by atoms with Gasteiger partial charge in [0, 0.05) is 6.42 Å². The van der Waals surface area contributed by atoms with Crippen molar-refractivity contribution in [1.82, 2.24) is 5.32 Å². The molecule has 2 amide bonds. The van der Waals surface area contributed by atoms with Crippen LogP contribution in [0.3, 0.4) is 0 Å². The number of imide groups is 1. The second-order valence-corrected chi connectivity index (χ2v) is 7.83. The molecule has 0 aliphatic carbocycles. The van der Waals surface area contributed by atoms with Crippen LogP contribution in [0.15, 0.2) is 48.5 Å². The molecule has 2 aromatic rings. The van der Waals surface area contributed by atoms with Gasteiger partial charge in [-0.25, -0.2) is 0 Å². The van der Waals surface area contributed by atoms with E-state index in [9.17, 15) is 14.4 Å². The van der Waals surface area contributed by atoms with Crippen LogP contribution in [0, 0.1) is 0 Å². The average Bonchev–Trinajstić information content (AvgIpc) is 3.08. The number of carbonyl (C=O) groups excluding carboxylic acids is 3. The SMILES string of the molecule is CCC(=O)O[C@@H](COc1ccc(CC2SC(=O)NC2=O)cc1)c1cccc(OC)c1. The van der Waals surface area contributed by atoms with Crippen LogP contribution in [0.1, 0.15) is 30.6 Å². The summed E-state index contributed by atoms with van der Waals surface area (Å²) in [6, 6.07) is 14.6. The van der Waals surface area contributed by atoms with Crippen LogP contribution in [-0.4, -0.2) is 36.1 Å². The second kappa shape index (κ2) is 10.2. The molecule has 7 nitrogen and oxygen atoms in total. The molecular weight excluding hydrogens is 406 g/mol. The number of carbonyl (C=O) groups is 3. The number of ether oxygens (including phenoxy) is 3. The fourth-order valence-corrected chi connectivity index (χ4v) is 3.78. The molecule has 0 radical (unpaired) electrons. The molecule has 1 fully saturated rings. The molecule has 8 heteroatoms. The maximum absolute atomic E-state index is 11.9. The molecule has 0 spiro atoms. The molecule has 158 valence electrons. The lowest BCUT2D eigenvalue weighted by Crippen LogP contribution is -2.25. The number of benzene rings is 2. The molecule has 0 aromatic heterocycles. The van der Waals surface area contributed by atoms with E-state index >= 15 is 0 Å². The molecule has 0 bridgehead atoms. The predicted molar refractivity (Wildman–Crippen MR) is 113 cm³/mol. The van der Waals surface area contributed by atoms with Gasteiger partial charge in [0.25, 0.3) is 5.24 Å². The Hall–Kier alpha value is -3.00. The van der Waals surface area contributed by atoms with Crippen molar-refractivity contribution in [3.05, 3.63) is 59.7 Å². The Bertz CT molecular complexity index is 914. The van der Waals surface area contributed by atoms with E-state index in [-0.39, 0.29) is 30.1 Å². The Morgan fingerprint density at radius 3 is 2.53 bits per heavy atom. The predicted octanol–water partition coefficient (Wildman–Crippen LogP) is 3.66. The zero-order valence-electron chi connectivity index (χ0n) is 16.8. The summed E-state index contributed by atoms with van der Waals surface area (Å²) in [5, 5.41) is 1.57. The van der Waals surface area contributed by atoms with E-state index in [0.717, 1.165) is 22.9 Å². The van der Waals surface area contributed by atoms with Gasteiger partial charge < -0.3 is 14.2 Å². The summed E-state index contributed by atoms with van der Waals surface area (Å²) in [5.41, 5.74) is 1.70. The van der Waals surface area contributed by atoms with Crippen molar-refractivity contribution in [3.63, 3.8) is 0 Å². The van der Waals surface area contributed by atoms with Crippen molar-refractivity contribution in [2.45, 2.75) is 31.1 Å². The minimum Gasteiger partial charge on any atom is -0.497 e. The molecule has 3 rings (SSSR count). The minimum absolute atomic E-state index is 0.146. The van der Waals surface area contributed by atoms with Crippen LogP contribution in [0.2, 0.25) is 0 Å². The second-order valence-electron chi connectivity index (χ2n) is 6.65. The molecule has 2 atom stereocenters. The molecule has 1 N–H and O–H groups in total. The summed E-state index contributed by atoms with van der Waals surface area (Å²) < 4.78 is 16.6. The fourth-order valence-electron chi connectivity index (χ4n) is 2.92. The minimum atomic E-state index is -0.572. The van der Waals surface area contributed by atoms with Crippen molar-refractivity contribution in [1.29, 1.82) is 0 Å². The molecule has 1 heterocycles. The molecule has 1 saturated heterocycles. The van der Waals surface area contributed by atoms with Crippen LogP contribution in [0.25, 0.3) is 0 Å². The van der Waals surface area contributed by atoms with Gasteiger partial charge in [-0.05, 0) is 41.8 Å². The zero-order chi connectivity index (χ0) is 21.5. The van der Waals surface area contributed by atoms with Crippen molar-refractivity contribution in [2.75, 3.05) is 13.7 Å². The topological polar surface area (TPSA) is 90.9 Å². The van der Waals surface area contributed by atoms with E-state index < -0.39 is 11.4 Å². The van der Waals surface area contributed by atoms with Crippen LogP contribution in [0.5, 0.6) is 11.5 Å². The van der Waals surface area contributed by atoms with Crippen molar-refractivity contribution < 1.29 is 28.6 Å². The van der Waals surface area contributed by atoms with Gasteiger partial charge in [-0.1, -0.05) is 43.0 Å². The Labute approximate surface area is 179 Å². The van der Waals surface area contributed by atoms with E-state index in [1.165, 1.54) is 0 Å². The van der Waals surface area contributed by atoms with Crippen LogP contribution < -0.4 is 14.8 Å². The first-order chi connectivity index (χ1) is 14.5. The highest BCUT2D eigenvalue weighted by Gasteiger charge is 2.31. The number of rotatable bonds is 9. The van der Waals surface area contributed by atoms with E-state index in [0.29, 0.717) is 17.9 Å². The van der Waals surface area contributed by atoms with Gasteiger partial charge in [0.05, 0.1) is 12.4 Å². The van der Waals surface area contributed by atoms with Gasteiger partial charge in [-0.2, -0.15) is 0 Å². The number of amides is 2. The highest BCUT2D eigenvalue weighted by molar-refractivity contribution is 8.15. The Morgan fingerprint density at radius 2 is 1.90 bits per heavy atom. The number of hydrogen-bond donors (Lipinski definition) is 1. The van der Waals surface area contributed by atoms with Gasteiger partial charge in [-0.3, -0.25) is 19.7 Å². The van der Waals surface area contributed by atoms with Gasteiger partial charge in [0.15, 0.2) is 6.10 Å². The third kappa shape index (κ3) is 5.76. The van der Waals surface area contributed by atoms with Crippen molar-refractivity contribution >= 4 is 28.9 Å². The van der Waals surface area contributed by atoms with Crippen LogP contribution in [-0.2, 0) is 20.7 Å². The van der Waals surface area contributed by atoms with Gasteiger partial charge in [0.1, 0.15) is 18.1 Å². The lowest BCUT2D eigenvalue weighted by Gasteiger charge is -2.19. The number of nitrogens with one attached hydrogen (secondary N) is 1. The summed E-state index contributed by atoms with van der Waals surface area (Å²) in [4.78, 5) is 34.8. The summed E-state index contributed by atoms with van der Waals surface area (Å²) in [6.07, 6.45) is 0.157. The lowest BCUT2D eigenvalue weighted by molar-refractivity contribution is -0.150. The Kier molecular flexibility index (Phi) is 7.35. The summed E-state index contributed by atoms with van der Waals surface area (Å²) in [5.74, 6) is 0.702. The largest absolute Gasteiger partial charge is 0.497 e. The van der Waals surface area contributed by atoms with Crippen LogP contribution in [0.4, 0.5) is 4.79 Å². The van der Waals surface area contributed by atoms with Crippen molar-refractivity contribution in [2.24, 2.45) is 0 Å². The first-order valence-corrected chi connectivity index (χ1v) is 10.4. The molecule has 1 unspecified atom stereocenters. The first kappa shape index (κ1) is 21.7. The van der Waals surface area contributed by atoms with E-state index in [2.05, 4.69) is 5.32 Å². The highest BCUT2D eigenvalue weighted by atomic mass is 32.2. The van der Waals surface area contributed by atoms with Crippen molar-refractivity contribution in [3.8, 4) is 11.5 Å². The van der Waals surface area contributed by atoms with Gasteiger partial charge in [-0.15, -0.1) is 0 Å². The number of esters is 1. The normalized spacial score (nSPS) is 16.7. The maximum atomic E-state index is 11.9. The number of hydrogen-bond acceptors (Lipinski definition) is 7. The molecule has 0 saturated carbocycles. The average molecular weight is 429 g/mol. The smallest absolute Gasteiger partial charge is 0.306 e. The zero-order valence-corrected chi connectivity index (χ0v) is 17.6. The Balaban J connectivity index is 1.63. The third-order valence-electron chi connectivity index (χ3n) is 4.54. The molecule has 30 heavy (non-hydrogen) atoms. The third-order valence-corrected chi connectivity index (χ3v) is 5.52.